The van der Waals surface area contributed by atoms with Gasteiger partial charge in [0.2, 0.25) is 0 Å². The highest BCUT2D eigenvalue weighted by Crippen LogP contribution is 2.20. The molecular weight excluding hydrogens is 238 g/mol. The molecule has 4 heteroatoms. The van der Waals surface area contributed by atoms with E-state index < -0.39 is 0 Å². The minimum atomic E-state index is 0.0153. The zero-order valence-corrected chi connectivity index (χ0v) is 11.6. The zero-order chi connectivity index (χ0) is 13.8. The number of carbonyl (C=O) groups excluding carboxylic acids is 1. The van der Waals surface area contributed by atoms with E-state index in [1.54, 1.807) is 18.5 Å². The molecule has 0 bridgehead atoms. The smallest absolute Gasteiger partial charge is 0.189 e. The zero-order valence-electron chi connectivity index (χ0n) is 11.6. The molecule has 4 nitrogen and oxygen atoms in total. The van der Waals surface area contributed by atoms with Crippen LogP contribution in [0.2, 0.25) is 0 Å². The van der Waals surface area contributed by atoms with Gasteiger partial charge in [0.25, 0.3) is 0 Å². The van der Waals surface area contributed by atoms with Crippen molar-refractivity contribution in [1.82, 2.24) is 14.5 Å². The number of carbonyl (C=O) groups is 1. The summed E-state index contributed by atoms with van der Waals surface area (Å²) >= 11 is 0. The maximum Gasteiger partial charge on any atom is 0.189 e. The van der Waals surface area contributed by atoms with Crippen LogP contribution in [0.3, 0.4) is 0 Å². The van der Waals surface area contributed by atoms with Gasteiger partial charge in [0.1, 0.15) is 5.65 Å². The minimum Gasteiger partial charge on any atom is -0.383 e. The average Bonchev–Trinajstić information content (AvgIpc) is 2.76. The number of rotatable bonds is 5. The first-order chi connectivity index (χ1) is 9.13. The van der Waals surface area contributed by atoms with Gasteiger partial charge in [-0.1, -0.05) is 6.92 Å². The van der Waals surface area contributed by atoms with Crippen molar-refractivity contribution in [2.24, 2.45) is 0 Å². The largest absolute Gasteiger partial charge is 0.383 e. The Kier molecular flexibility index (Phi) is 4.00. The van der Waals surface area contributed by atoms with Crippen LogP contribution in [0.4, 0.5) is 0 Å². The fourth-order valence-corrected chi connectivity index (χ4v) is 2.04. The van der Waals surface area contributed by atoms with E-state index in [-0.39, 0.29) is 5.78 Å². The molecule has 0 unspecified atom stereocenters. The number of allylic oxidation sites excluding steroid dienone is 1. The fraction of sp³-hybridized carbons (Fsp3) is 0.333. The minimum absolute atomic E-state index is 0.0153. The Bertz CT molecular complexity index is 611. The maximum absolute atomic E-state index is 12.2. The molecule has 0 aliphatic carbocycles. The Balaban J connectivity index is 2.46. The molecule has 0 saturated carbocycles. The van der Waals surface area contributed by atoms with Gasteiger partial charge in [0.05, 0.1) is 0 Å². The standard InChI is InChI=1S/C15H19N3O/c1-4-9-18-11-13(14(19)7-10-17(2)3)12-6-5-8-16-15(12)18/h5-8,10-11H,4,9H2,1-3H3/b10-7+. The first kappa shape index (κ1) is 13.3. The van der Waals surface area contributed by atoms with Crippen LogP contribution in [0.15, 0.2) is 36.8 Å². The Hall–Kier alpha value is -2.10. The Morgan fingerprint density at radius 3 is 2.95 bits per heavy atom. The van der Waals surface area contributed by atoms with E-state index in [1.165, 1.54) is 0 Å². The molecule has 0 spiro atoms. The number of pyridine rings is 1. The second kappa shape index (κ2) is 5.69. The highest BCUT2D eigenvalue weighted by Gasteiger charge is 2.13. The third kappa shape index (κ3) is 2.84. The summed E-state index contributed by atoms with van der Waals surface area (Å²) < 4.78 is 2.05. The van der Waals surface area contributed by atoms with Crippen molar-refractivity contribution in [2.45, 2.75) is 19.9 Å². The average molecular weight is 257 g/mol. The number of hydrogen-bond acceptors (Lipinski definition) is 3. The second-order valence-electron chi connectivity index (χ2n) is 4.75. The van der Waals surface area contributed by atoms with Gasteiger partial charge in [-0.05, 0) is 18.6 Å². The van der Waals surface area contributed by atoms with Crippen molar-refractivity contribution >= 4 is 16.8 Å². The van der Waals surface area contributed by atoms with Gasteiger partial charge in [-0.15, -0.1) is 0 Å². The van der Waals surface area contributed by atoms with E-state index in [0.29, 0.717) is 0 Å². The van der Waals surface area contributed by atoms with Gasteiger partial charge >= 0.3 is 0 Å². The fourth-order valence-electron chi connectivity index (χ4n) is 2.04. The van der Waals surface area contributed by atoms with Gasteiger partial charge in [-0.2, -0.15) is 0 Å². The SMILES string of the molecule is CCCn1cc(C(=O)/C=C/N(C)C)c2cccnc21. The predicted molar refractivity (Wildman–Crippen MR) is 77.2 cm³/mol. The summed E-state index contributed by atoms with van der Waals surface area (Å²) in [4.78, 5) is 18.4. The van der Waals surface area contributed by atoms with E-state index in [9.17, 15) is 4.79 Å². The van der Waals surface area contributed by atoms with Gasteiger partial charge in [-0.25, -0.2) is 4.98 Å². The van der Waals surface area contributed by atoms with Crippen LogP contribution in [0, 0.1) is 0 Å². The van der Waals surface area contributed by atoms with Crippen LogP contribution in [0.1, 0.15) is 23.7 Å². The van der Waals surface area contributed by atoms with E-state index >= 15 is 0 Å². The van der Waals surface area contributed by atoms with Gasteiger partial charge < -0.3 is 9.47 Å². The first-order valence-electron chi connectivity index (χ1n) is 6.46. The van der Waals surface area contributed by atoms with Gasteiger partial charge in [0.15, 0.2) is 5.78 Å². The third-order valence-electron chi connectivity index (χ3n) is 2.89. The molecule has 0 amide bonds. The Morgan fingerprint density at radius 2 is 2.26 bits per heavy atom. The molecule has 0 aliphatic heterocycles. The number of aromatic nitrogens is 2. The summed E-state index contributed by atoms with van der Waals surface area (Å²) in [5.41, 5.74) is 1.60. The molecule has 0 fully saturated rings. The summed E-state index contributed by atoms with van der Waals surface area (Å²) in [6, 6.07) is 3.82. The first-order valence-corrected chi connectivity index (χ1v) is 6.46. The van der Waals surface area contributed by atoms with Crippen molar-refractivity contribution in [2.75, 3.05) is 14.1 Å². The molecule has 2 aromatic heterocycles. The van der Waals surface area contributed by atoms with Crippen LogP contribution in [-0.4, -0.2) is 34.3 Å². The second-order valence-corrected chi connectivity index (χ2v) is 4.75. The maximum atomic E-state index is 12.2. The summed E-state index contributed by atoms with van der Waals surface area (Å²) in [7, 11) is 3.79. The molecule has 2 heterocycles. The number of hydrogen-bond donors (Lipinski definition) is 0. The van der Waals surface area contributed by atoms with E-state index in [1.807, 2.05) is 41.9 Å². The molecule has 0 aromatic carbocycles. The lowest BCUT2D eigenvalue weighted by molar-refractivity contribution is 0.104. The van der Waals surface area contributed by atoms with Crippen LogP contribution in [0.5, 0.6) is 0 Å². The molecule has 0 N–H and O–H groups in total. The van der Waals surface area contributed by atoms with Crippen LogP contribution < -0.4 is 0 Å². The Morgan fingerprint density at radius 1 is 1.47 bits per heavy atom. The topological polar surface area (TPSA) is 38.1 Å². The summed E-state index contributed by atoms with van der Waals surface area (Å²) in [6.07, 6.45) is 8.04. The Labute approximate surface area is 113 Å². The van der Waals surface area contributed by atoms with Crippen LogP contribution in [0.25, 0.3) is 11.0 Å². The van der Waals surface area contributed by atoms with Gasteiger partial charge in [0, 0.05) is 56.3 Å². The van der Waals surface area contributed by atoms with Crippen molar-refractivity contribution in [3.63, 3.8) is 0 Å². The number of aryl methyl sites for hydroxylation is 1. The quantitative estimate of drug-likeness (QED) is 0.610. The lowest BCUT2D eigenvalue weighted by atomic mass is 10.1. The number of ketones is 1. The highest BCUT2D eigenvalue weighted by molar-refractivity contribution is 6.12. The summed E-state index contributed by atoms with van der Waals surface area (Å²) in [5, 5.41) is 0.921. The molecule has 0 saturated heterocycles. The normalized spacial score (nSPS) is 11.3. The van der Waals surface area contributed by atoms with Gasteiger partial charge in [-0.3, -0.25) is 4.79 Å². The summed E-state index contributed by atoms with van der Waals surface area (Å²) in [6.45, 7) is 2.99. The molecule has 2 rings (SSSR count). The lowest BCUT2D eigenvalue weighted by Crippen LogP contribution is -2.03. The van der Waals surface area contributed by atoms with Crippen molar-refractivity contribution in [1.29, 1.82) is 0 Å². The lowest BCUT2D eigenvalue weighted by Gasteiger charge is -2.02. The van der Waals surface area contributed by atoms with E-state index in [2.05, 4.69) is 11.9 Å². The van der Waals surface area contributed by atoms with Crippen LogP contribution in [-0.2, 0) is 6.54 Å². The van der Waals surface area contributed by atoms with Crippen LogP contribution >= 0.6 is 0 Å². The van der Waals surface area contributed by atoms with Crippen molar-refractivity contribution in [3.8, 4) is 0 Å². The summed E-state index contributed by atoms with van der Waals surface area (Å²) in [5.74, 6) is 0.0153. The van der Waals surface area contributed by atoms with Crippen molar-refractivity contribution in [3.05, 3.63) is 42.4 Å². The number of fused-ring (bicyclic) bond motifs is 1. The molecular formula is C15H19N3O. The molecule has 2 aromatic rings. The monoisotopic (exact) mass is 257 g/mol. The third-order valence-corrected chi connectivity index (χ3v) is 2.89. The molecule has 0 atom stereocenters. The number of nitrogens with zero attached hydrogens (tertiary/aromatic N) is 3. The molecule has 0 aliphatic rings. The molecule has 0 radical (unpaired) electrons. The molecule has 100 valence electrons. The highest BCUT2D eigenvalue weighted by atomic mass is 16.1. The molecule has 19 heavy (non-hydrogen) atoms. The van der Waals surface area contributed by atoms with Crippen molar-refractivity contribution < 1.29 is 4.79 Å². The van der Waals surface area contributed by atoms with E-state index in [4.69, 9.17) is 0 Å². The predicted octanol–water partition coefficient (Wildman–Crippen LogP) is 2.70. The van der Waals surface area contributed by atoms with E-state index in [0.717, 1.165) is 29.6 Å².